The van der Waals surface area contributed by atoms with Gasteiger partial charge in [0.15, 0.2) is 0 Å². The summed E-state index contributed by atoms with van der Waals surface area (Å²) in [7, 11) is 0. The van der Waals surface area contributed by atoms with E-state index in [4.69, 9.17) is 11.6 Å². The number of rotatable bonds is 3. The van der Waals surface area contributed by atoms with Gasteiger partial charge >= 0.3 is 0 Å². The Bertz CT molecular complexity index is 623. The summed E-state index contributed by atoms with van der Waals surface area (Å²) >= 11 is 6.04. The molecule has 110 valence electrons. The minimum Gasteiger partial charge on any atom is -0.321 e. The standard InChI is InChI=1S/C16H22ClFN2/c1-15(2,3)10-16(4,5)20-13-8-11(18)6-7-12(13)19-14(20)9-17/h6-8H,9-10H2,1-5H3. The van der Waals surface area contributed by atoms with Gasteiger partial charge in [-0.05, 0) is 43.9 Å². The fraction of sp³-hybridized carbons (Fsp3) is 0.562. The fourth-order valence-electron chi connectivity index (χ4n) is 3.24. The number of alkyl halides is 1. The maximum atomic E-state index is 13.6. The molecule has 0 fully saturated rings. The first-order valence-electron chi connectivity index (χ1n) is 6.87. The highest BCUT2D eigenvalue weighted by molar-refractivity contribution is 6.16. The molecule has 0 amide bonds. The van der Waals surface area contributed by atoms with Gasteiger partial charge in [0.2, 0.25) is 0 Å². The Balaban J connectivity index is 2.64. The second kappa shape index (κ2) is 5.03. The molecule has 0 N–H and O–H groups in total. The predicted octanol–water partition coefficient (Wildman–Crippen LogP) is 5.09. The number of hydrogen-bond donors (Lipinski definition) is 0. The number of imidazole rings is 1. The molecule has 0 atom stereocenters. The van der Waals surface area contributed by atoms with E-state index in [-0.39, 0.29) is 16.8 Å². The van der Waals surface area contributed by atoms with Gasteiger partial charge in [0.25, 0.3) is 0 Å². The van der Waals surface area contributed by atoms with Crippen molar-refractivity contribution in [3.63, 3.8) is 0 Å². The molecule has 0 radical (unpaired) electrons. The highest BCUT2D eigenvalue weighted by atomic mass is 35.5. The van der Waals surface area contributed by atoms with Crippen LogP contribution in [0.15, 0.2) is 18.2 Å². The molecule has 0 aliphatic carbocycles. The molecule has 1 aromatic carbocycles. The first kappa shape index (κ1) is 15.3. The van der Waals surface area contributed by atoms with Crippen LogP contribution in [-0.4, -0.2) is 9.55 Å². The van der Waals surface area contributed by atoms with Gasteiger partial charge < -0.3 is 4.57 Å². The van der Waals surface area contributed by atoms with Gasteiger partial charge in [0, 0.05) is 5.54 Å². The normalized spacial score (nSPS) is 13.2. The molecule has 0 bridgehead atoms. The third-order valence-electron chi connectivity index (χ3n) is 3.37. The third-order valence-corrected chi connectivity index (χ3v) is 3.61. The van der Waals surface area contributed by atoms with Crippen LogP contribution in [-0.2, 0) is 11.4 Å². The molecule has 0 aliphatic rings. The predicted molar refractivity (Wildman–Crippen MR) is 82.6 cm³/mol. The van der Waals surface area contributed by atoms with E-state index >= 15 is 0 Å². The van der Waals surface area contributed by atoms with E-state index in [0.717, 1.165) is 23.3 Å². The first-order chi connectivity index (χ1) is 9.14. The van der Waals surface area contributed by atoms with Crippen LogP contribution in [0.2, 0.25) is 0 Å². The monoisotopic (exact) mass is 296 g/mol. The Hall–Kier alpha value is -1.09. The van der Waals surface area contributed by atoms with Crippen LogP contribution in [0, 0.1) is 11.2 Å². The molecule has 1 heterocycles. The van der Waals surface area contributed by atoms with Crippen LogP contribution >= 0.6 is 11.6 Å². The molecule has 0 unspecified atom stereocenters. The van der Waals surface area contributed by atoms with Crippen LogP contribution < -0.4 is 0 Å². The van der Waals surface area contributed by atoms with Gasteiger partial charge in [0.05, 0.1) is 16.9 Å². The molecule has 0 aliphatic heterocycles. The maximum Gasteiger partial charge on any atom is 0.125 e. The van der Waals surface area contributed by atoms with Gasteiger partial charge in [-0.25, -0.2) is 9.37 Å². The molecule has 2 rings (SSSR count). The van der Waals surface area contributed by atoms with E-state index in [1.165, 1.54) is 6.07 Å². The number of nitrogens with zero attached hydrogens (tertiary/aromatic N) is 2. The summed E-state index contributed by atoms with van der Waals surface area (Å²) in [5, 5.41) is 0. The first-order valence-corrected chi connectivity index (χ1v) is 7.41. The van der Waals surface area contributed by atoms with Crippen molar-refractivity contribution in [2.75, 3.05) is 0 Å². The lowest BCUT2D eigenvalue weighted by atomic mass is 9.81. The third kappa shape index (κ3) is 2.98. The number of fused-ring (bicyclic) bond motifs is 1. The van der Waals surface area contributed by atoms with E-state index in [9.17, 15) is 4.39 Å². The Labute approximate surface area is 125 Å². The van der Waals surface area contributed by atoms with Crippen LogP contribution in [0.1, 0.15) is 46.9 Å². The minimum atomic E-state index is -0.244. The molecular formula is C16H22ClFN2. The van der Waals surface area contributed by atoms with Crippen LogP contribution in [0.25, 0.3) is 11.0 Å². The molecule has 0 saturated carbocycles. The van der Waals surface area contributed by atoms with Crippen molar-refractivity contribution in [3.05, 3.63) is 29.8 Å². The lowest BCUT2D eigenvalue weighted by molar-refractivity contribution is 0.216. The largest absolute Gasteiger partial charge is 0.321 e. The van der Waals surface area contributed by atoms with Crippen molar-refractivity contribution in [3.8, 4) is 0 Å². The Morgan fingerprint density at radius 2 is 1.85 bits per heavy atom. The van der Waals surface area contributed by atoms with E-state index in [2.05, 4.69) is 44.2 Å². The van der Waals surface area contributed by atoms with E-state index in [0.29, 0.717) is 5.88 Å². The summed E-state index contributed by atoms with van der Waals surface area (Å²) in [6.45, 7) is 10.9. The molecule has 1 aromatic heterocycles. The number of benzene rings is 1. The smallest absolute Gasteiger partial charge is 0.125 e. The summed E-state index contributed by atoms with van der Waals surface area (Å²) in [4.78, 5) is 4.53. The zero-order chi connectivity index (χ0) is 15.1. The summed E-state index contributed by atoms with van der Waals surface area (Å²) < 4.78 is 15.7. The SMILES string of the molecule is CC(C)(C)CC(C)(C)n1c(CCl)nc2ccc(F)cc21. The average molecular weight is 297 g/mol. The van der Waals surface area contributed by atoms with Gasteiger partial charge in [-0.2, -0.15) is 0 Å². The lowest BCUT2D eigenvalue weighted by Crippen LogP contribution is -2.32. The average Bonchev–Trinajstić information content (AvgIpc) is 2.63. The van der Waals surface area contributed by atoms with Crippen molar-refractivity contribution in [1.29, 1.82) is 0 Å². The molecule has 2 aromatic rings. The molecule has 0 saturated heterocycles. The number of halogens is 2. The topological polar surface area (TPSA) is 17.8 Å². The molecule has 0 spiro atoms. The molecular weight excluding hydrogens is 275 g/mol. The molecule has 4 heteroatoms. The van der Waals surface area contributed by atoms with Gasteiger partial charge in [0.1, 0.15) is 11.6 Å². The number of hydrogen-bond acceptors (Lipinski definition) is 1. The van der Waals surface area contributed by atoms with E-state index in [1.54, 1.807) is 12.1 Å². The minimum absolute atomic E-state index is 0.164. The van der Waals surface area contributed by atoms with Gasteiger partial charge in [-0.15, -0.1) is 11.6 Å². The second-order valence-electron chi connectivity index (χ2n) is 7.18. The van der Waals surface area contributed by atoms with Gasteiger partial charge in [-0.1, -0.05) is 20.8 Å². The zero-order valence-electron chi connectivity index (χ0n) is 12.8. The zero-order valence-corrected chi connectivity index (χ0v) is 13.6. The maximum absolute atomic E-state index is 13.6. The van der Waals surface area contributed by atoms with Crippen molar-refractivity contribution in [1.82, 2.24) is 9.55 Å². The highest BCUT2D eigenvalue weighted by Crippen LogP contribution is 2.36. The van der Waals surface area contributed by atoms with Crippen molar-refractivity contribution in [2.24, 2.45) is 5.41 Å². The second-order valence-corrected chi connectivity index (χ2v) is 7.45. The Morgan fingerprint density at radius 1 is 1.20 bits per heavy atom. The number of aromatic nitrogens is 2. The molecule has 20 heavy (non-hydrogen) atoms. The Kier molecular flexibility index (Phi) is 3.85. The Morgan fingerprint density at radius 3 is 2.40 bits per heavy atom. The summed E-state index contributed by atoms with van der Waals surface area (Å²) in [5.41, 5.74) is 1.60. The van der Waals surface area contributed by atoms with Crippen LogP contribution in [0.5, 0.6) is 0 Å². The van der Waals surface area contributed by atoms with Crippen molar-refractivity contribution < 1.29 is 4.39 Å². The fourth-order valence-corrected chi connectivity index (χ4v) is 3.42. The van der Waals surface area contributed by atoms with Crippen LogP contribution in [0.4, 0.5) is 4.39 Å². The summed E-state index contributed by atoms with van der Waals surface area (Å²) in [6.07, 6.45) is 0.950. The lowest BCUT2D eigenvalue weighted by Gasteiger charge is -2.35. The van der Waals surface area contributed by atoms with E-state index in [1.807, 2.05) is 0 Å². The molecule has 2 nitrogen and oxygen atoms in total. The van der Waals surface area contributed by atoms with Crippen molar-refractivity contribution in [2.45, 2.75) is 52.5 Å². The highest BCUT2D eigenvalue weighted by Gasteiger charge is 2.30. The quantitative estimate of drug-likeness (QED) is 0.722. The summed E-state index contributed by atoms with van der Waals surface area (Å²) in [5.74, 6) is 0.872. The van der Waals surface area contributed by atoms with Crippen molar-refractivity contribution >= 4 is 22.6 Å². The summed E-state index contributed by atoms with van der Waals surface area (Å²) in [6, 6.07) is 4.70. The van der Waals surface area contributed by atoms with Gasteiger partial charge in [-0.3, -0.25) is 0 Å². The van der Waals surface area contributed by atoms with E-state index < -0.39 is 0 Å². The van der Waals surface area contributed by atoms with Crippen LogP contribution in [0.3, 0.4) is 0 Å².